The van der Waals surface area contributed by atoms with E-state index in [2.05, 4.69) is 0 Å². The van der Waals surface area contributed by atoms with Gasteiger partial charge in [-0.05, 0) is 30.3 Å². The second-order valence-electron chi connectivity index (χ2n) is 4.55. The number of alkyl halides is 2. The van der Waals surface area contributed by atoms with Gasteiger partial charge in [0.05, 0.1) is 21.5 Å². The van der Waals surface area contributed by atoms with Crippen molar-refractivity contribution in [3.8, 4) is 17.6 Å². The highest BCUT2D eigenvalue weighted by Gasteiger charge is 2.30. The molecule has 0 aliphatic carbocycles. The van der Waals surface area contributed by atoms with Crippen molar-refractivity contribution in [3.63, 3.8) is 0 Å². The average Bonchev–Trinajstić information content (AvgIpc) is 2.56. The van der Waals surface area contributed by atoms with Gasteiger partial charge in [-0.15, -0.1) is 0 Å². The normalized spacial score (nSPS) is 11.2. The summed E-state index contributed by atoms with van der Waals surface area (Å²) in [6.45, 7) is 0. The third-order valence-corrected chi connectivity index (χ3v) is 4.35. The molecule has 0 heterocycles. The highest BCUT2D eigenvalue weighted by Crippen LogP contribution is 2.35. The summed E-state index contributed by atoms with van der Waals surface area (Å²) in [5.41, 5.74) is -0.955. The van der Waals surface area contributed by atoms with Gasteiger partial charge in [0, 0.05) is 6.07 Å². The molecule has 2 aromatic carbocycles. The van der Waals surface area contributed by atoms with Gasteiger partial charge >= 0.3 is 11.4 Å². The molecule has 0 aromatic heterocycles. The molecule has 130 valence electrons. The molecular weight excluding hydrogens is 365 g/mol. The Bertz CT molecular complexity index is 986. The number of benzene rings is 2. The third kappa shape index (κ3) is 3.69. The minimum Gasteiger partial charge on any atom is -0.447 e. The maximum absolute atomic E-state index is 13.8. The minimum absolute atomic E-state index is 0.0160. The summed E-state index contributed by atoms with van der Waals surface area (Å²) in [5.74, 6) is -5.76. The van der Waals surface area contributed by atoms with Crippen LogP contribution in [0.5, 0.6) is 11.5 Å². The fraction of sp³-hybridized carbons (Fsp3) is 0.0714. The minimum atomic E-state index is -5.04. The van der Waals surface area contributed by atoms with Crippen molar-refractivity contribution in [2.24, 2.45) is 0 Å². The smallest absolute Gasteiger partial charge is 0.341 e. The zero-order chi connectivity index (χ0) is 18.8. The van der Waals surface area contributed by atoms with E-state index in [9.17, 15) is 31.7 Å². The Morgan fingerprint density at radius 3 is 2.32 bits per heavy atom. The highest BCUT2D eigenvalue weighted by molar-refractivity contribution is 7.91. The number of sulfone groups is 1. The van der Waals surface area contributed by atoms with E-state index in [4.69, 9.17) is 10.00 Å². The third-order valence-electron chi connectivity index (χ3n) is 2.97. The number of nitro benzene ring substituents is 1. The number of nitriles is 1. The first-order chi connectivity index (χ1) is 11.7. The predicted octanol–water partition coefficient (Wildman–Crippen LogP) is 3.39. The average molecular weight is 372 g/mol. The van der Waals surface area contributed by atoms with Crippen LogP contribution in [0.4, 0.5) is 18.9 Å². The summed E-state index contributed by atoms with van der Waals surface area (Å²) in [6, 6.07) is 6.61. The lowest BCUT2D eigenvalue weighted by Crippen LogP contribution is -2.11. The Hall–Kier alpha value is -3.13. The van der Waals surface area contributed by atoms with Crippen LogP contribution in [0.1, 0.15) is 5.56 Å². The highest BCUT2D eigenvalue weighted by atomic mass is 32.2. The number of hydrogen-bond donors (Lipinski definition) is 0. The number of nitrogens with zero attached hydrogens (tertiary/aromatic N) is 2. The van der Waals surface area contributed by atoms with E-state index in [1.807, 2.05) is 0 Å². The van der Waals surface area contributed by atoms with Crippen molar-refractivity contribution in [1.82, 2.24) is 0 Å². The van der Waals surface area contributed by atoms with Gasteiger partial charge in [-0.25, -0.2) is 12.8 Å². The van der Waals surface area contributed by atoms with Crippen molar-refractivity contribution < 1.29 is 31.2 Å². The topological polar surface area (TPSA) is 110 Å². The number of rotatable bonds is 5. The summed E-state index contributed by atoms with van der Waals surface area (Å²) in [7, 11) is -5.04. The first-order valence-corrected chi connectivity index (χ1v) is 7.89. The van der Waals surface area contributed by atoms with Crippen LogP contribution in [-0.4, -0.2) is 19.1 Å². The van der Waals surface area contributed by atoms with Gasteiger partial charge in [0.15, 0.2) is 11.6 Å². The summed E-state index contributed by atoms with van der Waals surface area (Å²) in [6.07, 6.45) is 0. The SMILES string of the molecule is N#Cc1ccc(Oc2ccc(S(=O)(=O)C(F)F)cc2[N+](=O)[O-])c(F)c1. The van der Waals surface area contributed by atoms with Gasteiger partial charge in [0.2, 0.25) is 15.6 Å². The Morgan fingerprint density at radius 2 is 1.80 bits per heavy atom. The molecule has 25 heavy (non-hydrogen) atoms. The molecule has 2 aromatic rings. The Kier molecular flexibility index (Phi) is 4.94. The first-order valence-electron chi connectivity index (χ1n) is 6.35. The summed E-state index contributed by atoms with van der Waals surface area (Å²) < 4.78 is 66.7. The summed E-state index contributed by atoms with van der Waals surface area (Å²) >= 11 is 0. The molecule has 0 aliphatic heterocycles. The molecule has 0 fully saturated rings. The van der Waals surface area contributed by atoms with Crippen molar-refractivity contribution in [1.29, 1.82) is 5.26 Å². The van der Waals surface area contributed by atoms with E-state index >= 15 is 0 Å². The molecule has 0 radical (unpaired) electrons. The summed E-state index contributed by atoms with van der Waals surface area (Å²) in [5, 5.41) is 19.7. The van der Waals surface area contributed by atoms with Gasteiger partial charge in [0.25, 0.3) is 0 Å². The van der Waals surface area contributed by atoms with Gasteiger partial charge in [-0.3, -0.25) is 10.1 Å². The van der Waals surface area contributed by atoms with Gasteiger partial charge in [0.1, 0.15) is 0 Å². The molecule has 2 rings (SSSR count). The lowest BCUT2D eigenvalue weighted by molar-refractivity contribution is -0.385. The van der Waals surface area contributed by atoms with Crippen molar-refractivity contribution in [2.45, 2.75) is 10.7 Å². The molecule has 0 N–H and O–H groups in total. The number of hydrogen-bond acceptors (Lipinski definition) is 6. The Labute approximate surface area is 138 Å². The van der Waals surface area contributed by atoms with Crippen molar-refractivity contribution in [3.05, 3.63) is 57.9 Å². The van der Waals surface area contributed by atoms with Gasteiger partial charge in [-0.1, -0.05) is 0 Å². The second kappa shape index (κ2) is 6.78. The van der Waals surface area contributed by atoms with E-state index in [1.165, 1.54) is 6.07 Å². The molecule has 0 bridgehead atoms. The Balaban J connectivity index is 2.49. The van der Waals surface area contributed by atoms with E-state index in [-0.39, 0.29) is 5.56 Å². The molecule has 0 atom stereocenters. The largest absolute Gasteiger partial charge is 0.447 e. The van der Waals surface area contributed by atoms with Crippen LogP contribution >= 0.6 is 0 Å². The molecule has 0 unspecified atom stereocenters. The number of nitro groups is 1. The lowest BCUT2D eigenvalue weighted by Gasteiger charge is -2.09. The lowest BCUT2D eigenvalue weighted by atomic mass is 10.2. The molecule has 0 saturated heterocycles. The number of halogens is 3. The van der Waals surface area contributed by atoms with E-state index in [0.29, 0.717) is 12.1 Å². The fourth-order valence-electron chi connectivity index (χ4n) is 1.78. The van der Waals surface area contributed by atoms with Crippen LogP contribution in [0.3, 0.4) is 0 Å². The molecule has 7 nitrogen and oxygen atoms in total. The fourth-order valence-corrected chi connectivity index (χ4v) is 2.52. The van der Waals surface area contributed by atoms with Crippen LogP contribution in [0.25, 0.3) is 0 Å². The second-order valence-corrected chi connectivity index (χ2v) is 6.47. The first kappa shape index (κ1) is 18.2. The molecule has 0 amide bonds. The van der Waals surface area contributed by atoms with Gasteiger partial charge < -0.3 is 4.74 Å². The maximum Gasteiger partial charge on any atom is 0.341 e. The monoisotopic (exact) mass is 372 g/mol. The molecule has 0 saturated carbocycles. The zero-order valence-corrected chi connectivity index (χ0v) is 12.8. The van der Waals surface area contributed by atoms with E-state index < -0.39 is 48.4 Å². The van der Waals surface area contributed by atoms with Crippen molar-refractivity contribution >= 4 is 15.5 Å². The summed E-state index contributed by atoms with van der Waals surface area (Å²) in [4.78, 5) is 9.03. The van der Waals surface area contributed by atoms with Crippen LogP contribution in [0.15, 0.2) is 41.3 Å². The maximum atomic E-state index is 13.8. The standard InChI is InChI=1S/C14H7F3N2O5S/c15-10-5-8(7-18)1-3-12(10)24-13-4-2-9(6-11(13)19(20)21)25(22,23)14(16)17/h1-6,14H. The van der Waals surface area contributed by atoms with Crippen LogP contribution in [0.2, 0.25) is 0 Å². The van der Waals surface area contributed by atoms with Gasteiger partial charge in [-0.2, -0.15) is 14.0 Å². The van der Waals surface area contributed by atoms with Crippen LogP contribution in [-0.2, 0) is 9.84 Å². The molecule has 11 heteroatoms. The predicted molar refractivity (Wildman–Crippen MR) is 77.5 cm³/mol. The quantitative estimate of drug-likeness (QED) is 0.588. The van der Waals surface area contributed by atoms with Crippen LogP contribution < -0.4 is 4.74 Å². The number of ether oxygens (including phenoxy) is 1. The zero-order valence-electron chi connectivity index (χ0n) is 12.0. The van der Waals surface area contributed by atoms with E-state index in [0.717, 1.165) is 18.2 Å². The van der Waals surface area contributed by atoms with Crippen molar-refractivity contribution in [2.75, 3.05) is 0 Å². The van der Waals surface area contributed by atoms with E-state index in [1.54, 1.807) is 6.07 Å². The molecular formula is C14H7F3N2O5S. The van der Waals surface area contributed by atoms with Crippen LogP contribution in [0, 0.1) is 27.3 Å². The Morgan fingerprint density at radius 1 is 1.16 bits per heavy atom. The molecule has 0 spiro atoms. The molecule has 0 aliphatic rings.